The molecule has 1 aliphatic rings. The first-order chi connectivity index (χ1) is 14.1. The molecule has 3 aromatic rings. The van der Waals surface area contributed by atoms with E-state index in [1.807, 2.05) is 36.4 Å². The monoisotopic (exact) mass is 407 g/mol. The first-order valence-corrected chi connectivity index (χ1v) is 9.91. The van der Waals surface area contributed by atoms with E-state index in [2.05, 4.69) is 33.1 Å². The maximum Gasteiger partial charge on any atom is 0.274 e. The second-order valence-electron chi connectivity index (χ2n) is 7.03. The molecule has 2 heterocycles. The van der Waals surface area contributed by atoms with Crippen LogP contribution >= 0.6 is 11.6 Å². The number of hydrogen-bond donors (Lipinski definition) is 1. The van der Waals surface area contributed by atoms with E-state index in [0.29, 0.717) is 13.1 Å². The van der Waals surface area contributed by atoms with Gasteiger partial charge >= 0.3 is 0 Å². The van der Waals surface area contributed by atoms with Gasteiger partial charge in [-0.3, -0.25) is 14.7 Å². The lowest BCUT2D eigenvalue weighted by molar-refractivity contribution is 0.0591. The van der Waals surface area contributed by atoms with Crippen molar-refractivity contribution >= 4 is 23.3 Å². The summed E-state index contributed by atoms with van der Waals surface area (Å²) in [6, 6.07) is 18.4. The summed E-state index contributed by atoms with van der Waals surface area (Å²) >= 11 is 6.27. The molecule has 0 spiro atoms. The van der Waals surface area contributed by atoms with Crippen molar-refractivity contribution in [2.75, 3.05) is 31.9 Å². The first-order valence-electron chi connectivity index (χ1n) is 9.53. The Labute approximate surface area is 174 Å². The smallest absolute Gasteiger partial charge is 0.274 e. The van der Waals surface area contributed by atoms with Gasteiger partial charge in [0.05, 0.1) is 18.4 Å². The maximum atomic E-state index is 12.7. The number of rotatable bonds is 4. The summed E-state index contributed by atoms with van der Waals surface area (Å²) in [6.07, 6.45) is 2.90. The number of aromatic nitrogens is 2. The number of nitrogens with zero attached hydrogens (tertiary/aromatic N) is 4. The van der Waals surface area contributed by atoms with Gasteiger partial charge in [-0.15, -0.1) is 0 Å². The lowest BCUT2D eigenvalue weighted by Gasteiger charge is -2.39. The van der Waals surface area contributed by atoms with Crippen molar-refractivity contribution in [3.8, 4) is 0 Å². The second-order valence-corrected chi connectivity index (χ2v) is 7.46. The molecule has 0 radical (unpaired) electrons. The molecule has 1 fully saturated rings. The number of carbonyl (C=O) groups is 1. The fourth-order valence-corrected chi connectivity index (χ4v) is 3.95. The van der Waals surface area contributed by atoms with Gasteiger partial charge in [-0.2, -0.15) is 0 Å². The molecule has 0 bridgehead atoms. The predicted octanol–water partition coefficient (Wildman–Crippen LogP) is 3.26. The summed E-state index contributed by atoms with van der Waals surface area (Å²) in [6.45, 7) is 2.71. The summed E-state index contributed by atoms with van der Waals surface area (Å²) in [4.78, 5) is 25.0. The molecule has 148 valence electrons. The molecular weight excluding hydrogens is 386 g/mol. The Kier molecular flexibility index (Phi) is 5.74. The van der Waals surface area contributed by atoms with Crippen LogP contribution in [-0.2, 0) is 0 Å². The molecular formula is C22H22ClN5O. The minimum atomic E-state index is -0.136. The normalized spacial score (nSPS) is 15.8. The van der Waals surface area contributed by atoms with Crippen molar-refractivity contribution in [1.29, 1.82) is 0 Å². The molecule has 1 aromatic heterocycles. The van der Waals surface area contributed by atoms with E-state index in [1.54, 1.807) is 4.90 Å². The van der Waals surface area contributed by atoms with Gasteiger partial charge in [-0.05, 0) is 23.3 Å². The minimum Gasteiger partial charge on any atom is -0.382 e. The molecule has 0 aliphatic carbocycles. The van der Waals surface area contributed by atoms with Crippen LogP contribution in [0.4, 0.5) is 5.82 Å². The number of hydrogen-bond acceptors (Lipinski definition) is 5. The molecule has 1 amide bonds. The Morgan fingerprint density at radius 1 is 0.966 bits per heavy atom. The molecule has 1 unspecified atom stereocenters. The zero-order valence-electron chi connectivity index (χ0n) is 15.9. The second kappa shape index (κ2) is 8.59. The topological polar surface area (TPSA) is 75.3 Å². The Balaban J connectivity index is 1.53. The van der Waals surface area contributed by atoms with Crippen molar-refractivity contribution in [1.82, 2.24) is 19.8 Å². The van der Waals surface area contributed by atoms with E-state index >= 15 is 0 Å². The zero-order valence-corrected chi connectivity index (χ0v) is 16.7. The average Bonchev–Trinajstić information content (AvgIpc) is 2.75. The van der Waals surface area contributed by atoms with Crippen LogP contribution in [0, 0.1) is 0 Å². The quantitative estimate of drug-likeness (QED) is 0.718. The molecule has 4 rings (SSSR count). The van der Waals surface area contributed by atoms with Gasteiger partial charge in [0.15, 0.2) is 0 Å². The van der Waals surface area contributed by atoms with E-state index in [9.17, 15) is 4.79 Å². The number of piperazine rings is 1. The van der Waals surface area contributed by atoms with Crippen LogP contribution in [-0.4, -0.2) is 51.9 Å². The number of amides is 1. The van der Waals surface area contributed by atoms with E-state index in [4.69, 9.17) is 17.3 Å². The summed E-state index contributed by atoms with van der Waals surface area (Å²) in [5.74, 6) is 0.114. The Morgan fingerprint density at radius 3 is 2.38 bits per heavy atom. The number of nitrogens with two attached hydrogens (primary N) is 1. The number of halogens is 1. The van der Waals surface area contributed by atoms with E-state index < -0.39 is 0 Å². The van der Waals surface area contributed by atoms with Crippen LogP contribution < -0.4 is 5.73 Å². The molecule has 7 heteroatoms. The average molecular weight is 408 g/mol. The summed E-state index contributed by atoms with van der Waals surface area (Å²) in [5.41, 5.74) is 8.30. The summed E-state index contributed by atoms with van der Waals surface area (Å²) in [7, 11) is 0. The van der Waals surface area contributed by atoms with Crippen LogP contribution in [0.5, 0.6) is 0 Å². The van der Waals surface area contributed by atoms with Crippen molar-refractivity contribution in [3.05, 3.63) is 88.8 Å². The van der Waals surface area contributed by atoms with Crippen LogP contribution in [0.1, 0.15) is 27.7 Å². The van der Waals surface area contributed by atoms with Gasteiger partial charge in [0, 0.05) is 31.2 Å². The van der Waals surface area contributed by atoms with Crippen molar-refractivity contribution in [2.24, 2.45) is 0 Å². The number of carbonyl (C=O) groups excluding carboxylic acids is 1. The van der Waals surface area contributed by atoms with Crippen LogP contribution in [0.2, 0.25) is 5.02 Å². The van der Waals surface area contributed by atoms with Gasteiger partial charge in [-0.1, -0.05) is 54.1 Å². The summed E-state index contributed by atoms with van der Waals surface area (Å²) < 4.78 is 0. The van der Waals surface area contributed by atoms with Crippen molar-refractivity contribution in [2.45, 2.75) is 6.04 Å². The molecule has 0 saturated carbocycles. The fraction of sp³-hybridized carbons (Fsp3) is 0.227. The lowest BCUT2D eigenvalue weighted by atomic mass is 9.96. The summed E-state index contributed by atoms with van der Waals surface area (Å²) in [5, 5.41) is 0.720. The number of nitrogen functional groups attached to an aromatic ring is 1. The van der Waals surface area contributed by atoms with Crippen LogP contribution in [0.15, 0.2) is 67.0 Å². The van der Waals surface area contributed by atoms with E-state index in [0.717, 1.165) is 23.7 Å². The number of anilines is 1. The SMILES string of the molecule is Nc1cncc(C(=O)N2CCN(C(c3ccccc3)c3cccc(Cl)c3)CC2)n1. The van der Waals surface area contributed by atoms with Crippen LogP contribution in [0.3, 0.4) is 0 Å². The third kappa shape index (κ3) is 4.39. The highest BCUT2D eigenvalue weighted by atomic mass is 35.5. The number of benzene rings is 2. The zero-order chi connectivity index (χ0) is 20.2. The van der Waals surface area contributed by atoms with Gasteiger partial charge < -0.3 is 10.6 Å². The Morgan fingerprint density at radius 2 is 1.69 bits per heavy atom. The lowest BCUT2D eigenvalue weighted by Crippen LogP contribution is -2.50. The van der Waals surface area contributed by atoms with E-state index in [-0.39, 0.29) is 23.5 Å². The highest BCUT2D eigenvalue weighted by Gasteiger charge is 2.29. The van der Waals surface area contributed by atoms with E-state index in [1.165, 1.54) is 18.0 Å². The Bertz CT molecular complexity index is 989. The highest BCUT2D eigenvalue weighted by Crippen LogP contribution is 2.31. The highest BCUT2D eigenvalue weighted by molar-refractivity contribution is 6.30. The molecule has 2 aromatic carbocycles. The van der Waals surface area contributed by atoms with Gasteiger partial charge in [0.2, 0.25) is 0 Å². The molecule has 1 aliphatic heterocycles. The third-order valence-electron chi connectivity index (χ3n) is 5.12. The van der Waals surface area contributed by atoms with Gasteiger partial charge in [0.1, 0.15) is 11.5 Å². The molecule has 29 heavy (non-hydrogen) atoms. The molecule has 2 N–H and O–H groups in total. The maximum absolute atomic E-state index is 12.7. The molecule has 1 saturated heterocycles. The Hall–Kier alpha value is -2.96. The van der Waals surface area contributed by atoms with Crippen molar-refractivity contribution in [3.63, 3.8) is 0 Å². The largest absolute Gasteiger partial charge is 0.382 e. The molecule has 1 atom stereocenters. The molecule has 6 nitrogen and oxygen atoms in total. The standard InChI is InChI=1S/C22H22ClN5O/c23-18-8-4-7-17(13-18)21(16-5-2-1-3-6-16)27-9-11-28(12-10-27)22(29)19-14-25-15-20(24)26-19/h1-8,13-15,21H,9-12H2,(H2,24,26). The van der Waals surface area contributed by atoms with Gasteiger partial charge in [-0.25, -0.2) is 4.98 Å². The van der Waals surface area contributed by atoms with Crippen LogP contribution in [0.25, 0.3) is 0 Å². The third-order valence-corrected chi connectivity index (χ3v) is 5.35. The van der Waals surface area contributed by atoms with Crippen molar-refractivity contribution < 1.29 is 4.79 Å². The fourth-order valence-electron chi connectivity index (χ4n) is 3.76. The first kappa shape index (κ1) is 19.4. The minimum absolute atomic E-state index is 0.0827. The predicted molar refractivity (Wildman–Crippen MR) is 114 cm³/mol. The van der Waals surface area contributed by atoms with Gasteiger partial charge in [0.25, 0.3) is 5.91 Å².